The van der Waals surface area contributed by atoms with Crippen LogP contribution >= 0.6 is 11.6 Å². The number of methoxy groups -OCH3 is 1. The molecule has 0 amide bonds. The third-order valence-electron chi connectivity index (χ3n) is 1.59. The molecule has 0 bridgehead atoms. The van der Waals surface area contributed by atoms with Gasteiger partial charge >= 0.3 is 0 Å². The summed E-state index contributed by atoms with van der Waals surface area (Å²) in [6.45, 7) is 0. The molecule has 5 nitrogen and oxygen atoms in total. The Kier molecular flexibility index (Phi) is 2.89. The Balaban J connectivity index is 3.40. The summed E-state index contributed by atoms with van der Waals surface area (Å²) in [5, 5.41) is 19.1. The molecule has 1 rings (SSSR count). The lowest BCUT2D eigenvalue weighted by atomic mass is 10.2. The molecule has 1 aromatic carbocycles. The molecule has 0 aliphatic rings. The van der Waals surface area contributed by atoms with E-state index in [1.165, 1.54) is 13.2 Å². The van der Waals surface area contributed by atoms with Gasteiger partial charge in [-0.2, -0.15) is 5.26 Å². The van der Waals surface area contributed by atoms with Crippen molar-refractivity contribution in [2.45, 2.75) is 0 Å². The van der Waals surface area contributed by atoms with E-state index in [9.17, 15) is 10.1 Å². The third kappa shape index (κ3) is 1.75. The highest BCUT2D eigenvalue weighted by atomic mass is 35.5. The zero-order valence-electron chi connectivity index (χ0n) is 7.15. The van der Waals surface area contributed by atoms with Gasteiger partial charge in [0.15, 0.2) is 0 Å². The maximum absolute atomic E-state index is 10.5. The minimum absolute atomic E-state index is 0.0501. The van der Waals surface area contributed by atoms with Crippen LogP contribution in [-0.2, 0) is 0 Å². The molecule has 0 spiro atoms. The molecule has 0 atom stereocenters. The van der Waals surface area contributed by atoms with Crippen molar-refractivity contribution in [1.29, 1.82) is 5.26 Å². The largest absolute Gasteiger partial charge is 0.495 e. The van der Waals surface area contributed by atoms with E-state index in [1.807, 2.05) is 0 Å². The van der Waals surface area contributed by atoms with Gasteiger partial charge in [-0.15, -0.1) is 0 Å². The highest BCUT2D eigenvalue weighted by molar-refractivity contribution is 6.32. The number of benzene rings is 1. The van der Waals surface area contributed by atoms with Crippen molar-refractivity contribution in [2.24, 2.45) is 0 Å². The number of hydrogen-bond donors (Lipinski definition) is 0. The van der Waals surface area contributed by atoms with Crippen LogP contribution in [0.15, 0.2) is 12.1 Å². The van der Waals surface area contributed by atoms with Gasteiger partial charge < -0.3 is 4.74 Å². The summed E-state index contributed by atoms with van der Waals surface area (Å²) in [6.07, 6.45) is 0. The summed E-state index contributed by atoms with van der Waals surface area (Å²) in [6, 6.07) is 4.11. The fourth-order valence-corrected chi connectivity index (χ4v) is 1.16. The Morgan fingerprint density at radius 3 is 2.71 bits per heavy atom. The molecular weight excluding hydrogens is 208 g/mol. The van der Waals surface area contributed by atoms with Crippen LogP contribution in [0.1, 0.15) is 5.56 Å². The Bertz CT molecular complexity index is 425. The first-order valence-electron chi connectivity index (χ1n) is 3.52. The summed E-state index contributed by atoms with van der Waals surface area (Å²) in [5.74, 6) is 0.225. The average molecular weight is 213 g/mol. The van der Waals surface area contributed by atoms with Crippen LogP contribution in [0.5, 0.6) is 5.75 Å². The summed E-state index contributed by atoms with van der Waals surface area (Å²) in [7, 11) is 1.36. The molecule has 72 valence electrons. The lowest BCUT2D eigenvalue weighted by Gasteiger charge is -2.02. The first kappa shape index (κ1) is 10.3. The SMILES string of the molecule is COc1cc(Cl)c([N+](=O)[O-])cc1C#N. The van der Waals surface area contributed by atoms with Crippen LogP contribution in [0.2, 0.25) is 5.02 Å². The standard InChI is InChI=1S/C8H5ClN2O3/c1-14-8-3-6(9)7(11(12)13)2-5(8)4-10/h2-3H,1H3. The van der Waals surface area contributed by atoms with E-state index in [0.717, 1.165) is 6.07 Å². The predicted octanol–water partition coefficient (Wildman–Crippen LogP) is 2.13. The second-order valence-electron chi connectivity index (χ2n) is 2.37. The molecule has 0 unspecified atom stereocenters. The fourth-order valence-electron chi connectivity index (χ4n) is 0.940. The number of nitrogens with zero attached hydrogens (tertiary/aromatic N) is 2. The van der Waals surface area contributed by atoms with E-state index >= 15 is 0 Å². The number of ether oxygens (including phenoxy) is 1. The van der Waals surface area contributed by atoms with Crippen LogP contribution in [0.3, 0.4) is 0 Å². The Labute approximate surface area is 84.6 Å². The molecule has 0 fully saturated rings. The minimum Gasteiger partial charge on any atom is -0.495 e. The predicted molar refractivity (Wildman–Crippen MR) is 49.4 cm³/mol. The van der Waals surface area contributed by atoms with Gasteiger partial charge in [-0.3, -0.25) is 10.1 Å². The molecule has 6 heteroatoms. The van der Waals surface area contributed by atoms with Gasteiger partial charge in [0.2, 0.25) is 0 Å². The average Bonchev–Trinajstić information content (AvgIpc) is 2.16. The Morgan fingerprint density at radius 1 is 1.64 bits per heavy atom. The fraction of sp³-hybridized carbons (Fsp3) is 0.125. The lowest BCUT2D eigenvalue weighted by molar-refractivity contribution is -0.384. The van der Waals surface area contributed by atoms with Crippen molar-refractivity contribution in [1.82, 2.24) is 0 Å². The van der Waals surface area contributed by atoms with E-state index in [4.69, 9.17) is 21.6 Å². The summed E-state index contributed by atoms with van der Waals surface area (Å²) >= 11 is 5.60. The number of nitriles is 1. The number of hydrogen-bond acceptors (Lipinski definition) is 4. The van der Waals surface area contributed by atoms with Gasteiger partial charge in [0.1, 0.15) is 22.4 Å². The number of nitro groups is 1. The molecule has 0 saturated heterocycles. The van der Waals surface area contributed by atoms with Gasteiger partial charge in [0.25, 0.3) is 5.69 Å². The van der Waals surface area contributed by atoms with Crippen LogP contribution in [-0.4, -0.2) is 12.0 Å². The summed E-state index contributed by atoms with van der Waals surface area (Å²) in [5.41, 5.74) is -0.215. The molecule has 0 saturated carbocycles. The second kappa shape index (κ2) is 3.94. The summed E-state index contributed by atoms with van der Waals surface area (Å²) < 4.78 is 4.82. The molecule has 0 radical (unpaired) electrons. The van der Waals surface area contributed by atoms with E-state index in [2.05, 4.69) is 0 Å². The number of halogens is 1. The van der Waals surface area contributed by atoms with Gasteiger partial charge in [0, 0.05) is 12.1 Å². The maximum Gasteiger partial charge on any atom is 0.289 e. The van der Waals surface area contributed by atoms with Gasteiger partial charge in [-0.25, -0.2) is 0 Å². The smallest absolute Gasteiger partial charge is 0.289 e. The van der Waals surface area contributed by atoms with Crippen molar-refractivity contribution in [3.8, 4) is 11.8 Å². The first-order valence-corrected chi connectivity index (χ1v) is 3.90. The molecule has 0 aliphatic heterocycles. The van der Waals surface area contributed by atoms with Crippen molar-refractivity contribution in [2.75, 3.05) is 7.11 Å². The zero-order chi connectivity index (χ0) is 10.7. The molecule has 0 heterocycles. The van der Waals surface area contributed by atoms with Crippen LogP contribution in [0.4, 0.5) is 5.69 Å². The molecule has 0 aromatic heterocycles. The topological polar surface area (TPSA) is 76.2 Å². The van der Waals surface area contributed by atoms with E-state index in [-0.39, 0.29) is 22.0 Å². The third-order valence-corrected chi connectivity index (χ3v) is 1.89. The summed E-state index contributed by atoms with van der Waals surface area (Å²) in [4.78, 5) is 9.81. The maximum atomic E-state index is 10.5. The molecular formula is C8H5ClN2O3. The first-order chi connectivity index (χ1) is 6.60. The number of nitro benzene ring substituents is 1. The zero-order valence-corrected chi connectivity index (χ0v) is 7.91. The van der Waals surface area contributed by atoms with Gasteiger partial charge in [0.05, 0.1) is 12.0 Å². The van der Waals surface area contributed by atoms with Crippen molar-refractivity contribution < 1.29 is 9.66 Å². The lowest BCUT2D eigenvalue weighted by Crippen LogP contribution is -1.93. The van der Waals surface area contributed by atoms with E-state index < -0.39 is 4.92 Å². The highest BCUT2D eigenvalue weighted by Crippen LogP contribution is 2.31. The van der Waals surface area contributed by atoms with Gasteiger partial charge in [-0.1, -0.05) is 11.6 Å². The minimum atomic E-state index is -0.650. The van der Waals surface area contributed by atoms with Crippen molar-refractivity contribution >= 4 is 17.3 Å². The Hall–Kier alpha value is -1.80. The van der Waals surface area contributed by atoms with Crippen LogP contribution < -0.4 is 4.74 Å². The molecule has 1 aromatic rings. The van der Waals surface area contributed by atoms with Crippen molar-refractivity contribution in [3.63, 3.8) is 0 Å². The quantitative estimate of drug-likeness (QED) is 0.556. The Morgan fingerprint density at radius 2 is 2.29 bits per heavy atom. The molecule has 0 aliphatic carbocycles. The van der Waals surface area contributed by atoms with Crippen LogP contribution in [0, 0.1) is 21.4 Å². The number of rotatable bonds is 2. The molecule has 0 N–H and O–H groups in total. The van der Waals surface area contributed by atoms with E-state index in [0.29, 0.717) is 0 Å². The second-order valence-corrected chi connectivity index (χ2v) is 2.78. The highest BCUT2D eigenvalue weighted by Gasteiger charge is 2.16. The normalized spacial score (nSPS) is 9.21. The van der Waals surface area contributed by atoms with Gasteiger partial charge in [-0.05, 0) is 0 Å². The molecule has 14 heavy (non-hydrogen) atoms. The van der Waals surface area contributed by atoms with E-state index in [1.54, 1.807) is 6.07 Å². The van der Waals surface area contributed by atoms with Crippen LogP contribution in [0.25, 0.3) is 0 Å². The monoisotopic (exact) mass is 212 g/mol. The van der Waals surface area contributed by atoms with Crippen molar-refractivity contribution in [3.05, 3.63) is 32.8 Å².